The summed E-state index contributed by atoms with van der Waals surface area (Å²) in [5, 5.41) is 0. The van der Waals surface area contributed by atoms with Gasteiger partial charge < -0.3 is 10.5 Å². The average molecular weight is 409 g/mol. The third-order valence-corrected chi connectivity index (χ3v) is 7.94. The van der Waals surface area contributed by atoms with Crippen molar-refractivity contribution in [2.75, 3.05) is 32.5 Å². The number of benzene rings is 1. The fourth-order valence-electron chi connectivity index (χ4n) is 5.09. The van der Waals surface area contributed by atoms with Gasteiger partial charge in [-0.05, 0) is 99.4 Å². The van der Waals surface area contributed by atoms with Crippen LogP contribution >= 0.6 is 0 Å². The molecule has 1 saturated heterocycles. The zero-order valence-corrected chi connectivity index (χ0v) is 18.2. The Balaban J connectivity index is 1.62. The van der Waals surface area contributed by atoms with Crippen LogP contribution in [-0.2, 0) is 22.9 Å². The highest BCUT2D eigenvalue weighted by Crippen LogP contribution is 2.38. The molecule has 2 unspecified atom stereocenters. The van der Waals surface area contributed by atoms with E-state index in [-0.39, 0.29) is 0 Å². The topological polar surface area (TPSA) is 72.6 Å². The summed E-state index contributed by atoms with van der Waals surface area (Å²) in [5.41, 5.74) is 8.88. The maximum Gasteiger partial charge on any atom is 0.211 e. The highest BCUT2D eigenvalue weighted by Gasteiger charge is 2.31. The van der Waals surface area contributed by atoms with Crippen LogP contribution in [0.25, 0.3) is 0 Å². The molecule has 1 aliphatic carbocycles. The standard InChI is InChI=1S/C22H36N2O3S/c1-3-27-22-7-6-18-4-5-19(15-21(18)16-22)20(8-11-23)14-17-9-12-24(13-10-17)28(2,25)26/h6-7,16-17,19-20H,3-5,8-15,23H2,1-2H3. The summed E-state index contributed by atoms with van der Waals surface area (Å²) in [6.07, 6.45) is 9.01. The molecule has 1 aromatic carbocycles. The first kappa shape index (κ1) is 21.6. The Morgan fingerprint density at radius 1 is 1.21 bits per heavy atom. The lowest BCUT2D eigenvalue weighted by Crippen LogP contribution is -2.38. The van der Waals surface area contributed by atoms with E-state index in [1.807, 2.05) is 6.92 Å². The molecule has 0 radical (unpaired) electrons. The molecule has 6 heteroatoms. The Kier molecular flexibility index (Phi) is 7.40. The van der Waals surface area contributed by atoms with Gasteiger partial charge in [0, 0.05) is 13.1 Å². The van der Waals surface area contributed by atoms with Gasteiger partial charge >= 0.3 is 0 Å². The van der Waals surface area contributed by atoms with Gasteiger partial charge in [0.2, 0.25) is 10.0 Å². The highest BCUT2D eigenvalue weighted by atomic mass is 32.2. The number of rotatable bonds is 8. The number of ether oxygens (including phenoxy) is 1. The number of hydrogen-bond donors (Lipinski definition) is 1. The molecule has 2 aliphatic rings. The molecule has 1 fully saturated rings. The average Bonchev–Trinajstić information content (AvgIpc) is 2.67. The Hall–Kier alpha value is -1.11. The minimum absolute atomic E-state index is 0.616. The van der Waals surface area contributed by atoms with Crippen molar-refractivity contribution in [2.24, 2.45) is 23.5 Å². The van der Waals surface area contributed by atoms with Gasteiger partial charge in [0.05, 0.1) is 12.9 Å². The summed E-state index contributed by atoms with van der Waals surface area (Å²) < 4.78 is 30.8. The molecular formula is C22H36N2O3S. The van der Waals surface area contributed by atoms with Crippen molar-refractivity contribution in [3.05, 3.63) is 29.3 Å². The minimum atomic E-state index is -3.05. The molecule has 3 rings (SSSR count). The maximum atomic E-state index is 11.8. The first-order valence-corrected chi connectivity index (χ1v) is 12.6. The van der Waals surface area contributed by atoms with Gasteiger partial charge in [0.1, 0.15) is 5.75 Å². The number of piperidine rings is 1. The Bertz CT molecular complexity index is 742. The fourth-order valence-corrected chi connectivity index (χ4v) is 5.96. The van der Waals surface area contributed by atoms with E-state index in [0.717, 1.165) is 44.4 Å². The van der Waals surface area contributed by atoms with Crippen molar-refractivity contribution in [1.29, 1.82) is 0 Å². The summed E-state index contributed by atoms with van der Waals surface area (Å²) in [6, 6.07) is 6.56. The molecule has 2 N–H and O–H groups in total. The Morgan fingerprint density at radius 3 is 2.61 bits per heavy atom. The number of nitrogens with two attached hydrogens (primary N) is 1. The van der Waals surface area contributed by atoms with Gasteiger partial charge in [0.15, 0.2) is 0 Å². The smallest absolute Gasteiger partial charge is 0.211 e. The van der Waals surface area contributed by atoms with Crippen LogP contribution in [0.2, 0.25) is 0 Å². The normalized spacial score (nSPS) is 22.6. The molecule has 1 aliphatic heterocycles. The molecule has 0 saturated carbocycles. The molecular weight excluding hydrogens is 372 g/mol. The SMILES string of the molecule is CCOc1ccc2c(c1)CC(C(CCN)CC1CCN(S(C)(=O)=O)CC1)CC2. The van der Waals surface area contributed by atoms with E-state index in [1.165, 1.54) is 30.2 Å². The van der Waals surface area contributed by atoms with Gasteiger partial charge in [-0.2, -0.15) is 0 Å². The van der Waals surface area contributed by atoms with Crippen molar-refractivity contribution in [3.8, 4) is 5.75 Å². The van der Waals surface area contributed by atoms with Crippen LogP contribution in [0.5, 0.6) is 5.75 Å². The maximum absolute atomic E-state index is 11.8. The molecule has 0 aromatic heterocycles. The lowest BCUT2D eigenvalue weighted by Gasteiger charge is -2.36. The molecule has 0 spiro atoms. The Morgan fingerprint density at radius 2 is 1.96 bits per heavy atom. The van der Waals surface area contributed by atoms with E-state index in [0.29, 0.717) is 37.5 Å². The lowest BCUT2D eigenvalue weighted by atomic mass is 9.72. The molecule has 1 aromatic rings. The quantitative estimate of drug-likeness (QED) is 0.717. The third kappa shape index (κ3) is 5.49. The zero-order chi connectivity index (χ0) is 20.1. The predicted octanol–water partition coefficient (Wildman–Crippen LogP) is 3.22. The molecule has 0 bridgehead atoms. The van der Waals surface area contributed by atoms with E-state index in [1.54, 1.807) is 4.31 Å². The van der Waals surface area contributed by atoms with E-state index >= 15 is 0 Å². The van der Waals surface area contributed by atoms with Gasteiger partial charge in [-0.3, -0.25) is 0 Å². The van der Waals surface area contributed by atoms with E-state index < -0.39 is 10.0 Å². The lowest BCUT2D eigenvalue weighted by molar-refractivity contribution is 0.188. The second kappa shape index (κ2) is 9.59. The monoisotopic (exact) mass is 408 g/mol. The number of hydrogen-bond acceptors (Lipinski definition) is 4. The van der Waals surface area contributed by atoms with Gasteiger partial charge in [-0.25, -0.2) is 12.7 Å². The van der Waals surface area contributed by atoms with Crippen LogP contribution in [0.4, 0.5) is 0 Å². The number of sulfonamides is 1. The van der Waals surface area contributed by atoms with Crippen LogP contribution in [0.15, 0.2) is 18.2 Å². The van der Waals surface area contributed by atoms with E-state index in [9.17, 15) is 8.42 Å². The highest BCUT2D eigenvalue weighted by molar-refractivity contribution is 7.88. The van der Waals surface area contributed by atoms with E-state index in [4.69, 9.17) is 10.5 Å². The second-order valence-electron chi connectivity index (χ2n) is 8.54. The summed E-state index contributed by atoms with van der Waals surface area (Å²) >= 11 is 0. The zero-order valence-electron chi connectivity index (χ0n) is 17.4. The summed E-state index contributed by atoms with van der Waals surface area (Å²) in [7, 11) is -3.05. The molecule has 1 heterocycles. The summed E-state index contributed by atoms with van der Waals surface area (Å²) in [6.45, 7) is 4.79. The predicted molar refractivity (Wildman–Crippen MR) is 114 cm³/mol. The van der Waals surface area contributed by atoms with Crippen LogP contribution in [-0.4, -0.2) is 45.2 Å². The van der Waals surface area contributed by atoms with Gasteiger partial charge in [0.25, 0.3) is 0 Å². The van der Waals surface area contributed by atoms with Gasteiger partial charge in [-0.15, -0.1) is 0 Å². The minimum Gasteiger partial charge on any atom is -0.494 e. The van der Waals surface area contributed by atoms with Crippen molar-refractivity contribution >= 4 is 10.0 Å². The molecule has 2 atom stereocenters. The third-order valence-electron chi connectivity index (χ3n) is 6.64. The molecule has 158 valence electrons. The van der Waals surface area contributed by atoms with Crippen molar-refractivity contribution in [1.82, 2.24) is 4.31 Å². The van der Waals surface area contributed by atoms with Crippen molar-refractivity contribution < 1.29 is 13.2 Å². The fraction of sp³-hybridized carbons (Fsp3) is 0.727. The first-order chi connectivity index (χ1) is 13.4. The van der Waals surface area contributed by atoms with Crippen LogP contribution in [0.1, 0.15) is 50.2 Å². The van der Waals surface area contributed by atoms with Crippen molar-refractivity contribution in [2.45, 2.75) is 51.9 Å². The van der Waals surface area contributed by atoms with Crippen LogP contribution in [0, 0.1) is 17.8 Å². The largest absolute Gasteiger partial charge is 0.494 e. The first-order valence-electron chi connectivity index (χ1n) is 10.8. The second-order valence-corrected chi connectivity index (χ2v) is 10.5. The molecule has 0 amide bonds. The number of aryl methyl sites for hydroxylation is 1. The van der Waals surface area contributed by atoms with Crippen LogP contribution < -0.4 is 10.5 Å². The number of fused-ring (bicyclic) bond motifs is 1. The van der Waals surface area contributed by atoms with E-state index in [2.05, 4.69) is 18.2 Å². The summed E-state index contributed by atoms with van der Waals surface area (Å²) in [4.78, 5) is 0. The summed E-state index contributed by atoms with van der Waals surface area (Å²) in [5.74, 6) is 2.89. The van der Waals surface area contributed by atoms with Crippen molar-refractivity contribution in [3.63, 3.8) is 0 Å². The molecule has 28 heavy (non-hydrogen) atoms. The molecule has 5 nitrogen and oxygen atoms in total. The Labute approximate surface area is 170 Å². The van der Waals surface area contributed by atoms with Crippen LogP contribution in [0.3, 0.4) is 0 Å². The number of nitrogens with zero attached hydrogens (tertiary/aromatic N) is 1. The van der Waals surface area contributed by atoms with Gasteiger partial charge in [-0.1, -0.05) is 6.07 Å².